The maximum atomic E-state index is 12.6. The number of anilines is 2. The van der Waals surface area contributed by atoms with Crippen LogP contribution in [0.1, 0.15) is 45.7 Å². The van der Waals surface area contributed by atoms with E-state index in [4.69, 9.17) is 0 Å². The average Bonchev–Trinajstić information content (AvgIpc) is 2.84. The van der Waals surface area contributed by atoms with Gasteiger partial charge in [-0.3, -0.25) is 14.4 Å². The van der Waals surface area contributed by atoms with Gasteiger partial charge >= 0.3 is 0 Å². The van der Waals surface area contributed by atoms with Crippen molar-refractivity contribution in [3.05, 3.63) is 58.7 Å². The maximum absolute atomic E-state index is 12.6. The average molecular weight is 349 g/mol. The zero-order valence-corrected chi connectivity index (χ0v) is 14.6. The fourth-order valence-corrected chi connectivity index (χ4v) is 3.43. The molecule has 3 N–H and O–H groups in total. The Kier molecular flexibility index (Phi) is 3.57. The number of carbonyl (C=O) groups excluding carboxylic acids is 3. The van der Waals surface area contributed by atoms with Gasteiger partial charge in [-0.15, -0.1) is 0 Å². The van der Waals surface area contributed by atoms with Gasteiger partial charge in [0.25, 0.3) is 11.8 Å². The Morgan fingerprint density at radius 1 is 1.12 bits per heavy atom. The van der Waals surface area contributed by atoms with Crippen LogP contribution in [0.2, 0.25) is 0 Å². The zero-order chi connectivity index (χ0) is 18.5. The number of hydrogen-bond donors (Lipinski definition) is 3. The van der Waals surface area contributed by atoms with Gasteiger partial charge in [0.1, 0.15) is 0 Å². The first-order valence-electron chi connectivity index (χ1n) is 8.55. The Morgan fingerprint density at radius 3 is 2.73 bits per heavy atom. The highest BCUT2D eigenvalue weighted by molar-refractivity contribution is 6.09. The number of carbonyl (C=O) groups is 3. The second kappa shape index (κ2) is 5.69. The molecule has 0 saturated heterocycles. The van der Waals surface area contributed by atoms with Crippen molar-refractivity contribution >= 4 is 29.1 Å². The Bertz CT molecular complexity index is 963. The summed E-state index contributed by atoms with van der Waals surface area (Å²) in [7, 11) is 0. The molecule has 0 atom stereocenters. The first kappa shape index (κ1) is 16.3. The van der Waals surface area contributed by atoms with Crippen molar-refractivity contribution in [1.29, 1.82) is 0 Å². The highest BCUT2D eigenvalue weighted by Gasteiger charge is 2.38. The largest absolute Gasteiger partial charge is 0.352 e. The molecule has 2 aliphatic rings. The number of fused-ring (bicyclic) bond motifs is 2. The lowest BCUT2D eigenvalue weighted by Crippen LogP contribution is -2.31. The minimum atomic E-state index is -0.601. The van der Waals surface area contributed by atoms with E-state index in [1.54, 1.807) is 24.3 Å². The van der Waals surface area contributed by atoms with Gasteiger partial charge in [0.05, 0.1) is 5.41 Å². The van der Waals surface area contributed by atoms with Crippen LogP contribution in [-0.2, 0) is 16.6 Å². The van der Waals surface area contributed by atoms with E-state index in [1.807, 2.05) is 26.0 Å². The number of nitrogens with one attached hydrogen (secondary N) is 3. The van der Waals surface area contributed by atoms with Crippen molar-refractivity contribution in [2.75, 3.05) is 17.2 Å². The van der Waals surface area contributed by atoms with Crippen LogP contribution < -0.4 is 16.0 Å². The molecule has 2 heterocycles. The number of rotatable bonds is 2. The quantitative estimate of drug-likeness (QED) is 0.778. The van der Waals surface area contributed by atoms with Crippen molar-refractivity contribution in [2.45, 2.75) is 25.7 Å². The van der Waals surface area contributed by atoms with E-state index in [0.29, 0.717) is 29.0 Å². The second-order valence-electron chi connectivity index (χ2n) is 7.17. The maximum Gasteiger partial charge on any atom is 0.255 e. The van der Waals surface area contributed by atoms with E-state index >= 15 is 0 Å². The lowest BCUT2D eigenvalue weighted by molar-refractivity contribution is -0.119. The van der Waals surface area contributed by atoms with Crippen molar-refractivity contribution in [2.24, 2.45) is 0 Å². The van der Waals surface area contributed by atoms with Gasteiger partial charge in [-0.2, -0.15) is 0 Å². The molecule has 2 aliphatic heterocycles. The van der Waals surface area contributed by atoms with E-state index in [0.717, 1.165) is 17.5 Å². The SMILES string of the molecule is CC1(C)C(=O)Nc2cc(C(=O)Nc3ccc4c(c3)C(=O)NCC4)ccc21. The monoisotopic (exact) mass is 349 g/mol. The Hall–Kier alpha value is -3.15. The molecule has 0 fully saturated rings. The standard InChI is InChI=1S/C20H19N3O3/c1-20(2)15-6-4-12(9-16(15)23-19(20)26)17(24)22-13-5-3-11-7-8-21-18(25)14(11)10-13/h3-6,9-10H,7-8H2,1-2H3,(H,21,25)(H,22,24)(H,23,26). The van der Waals surface area contributed by atoms with Crippen LogP contribution in [0.3, 0.4) is 0 Å². The van der Waals surface area contributed by atoms with Crippen LogP contribution in [0.15, 0.2) is 36.4 Å². The third-order valence-corrected chi connectivity index (χ3v) is 5.06. The van der Waals surface area contributed by atoms with Crippen molar-refractivity contribution < 1.29 is 14.4 Å². The third-order valence-electron chi connectivity index (χ3n) is 5.06. The molecular formula is C20H19N3O3. The molecule has 0 radical (unpaired) electrons. The number of hydrogen-bond acceptors (Lipinski definition) is 3. The summed E-state index contributed by atoms with van der Waals surface area (Å²) in [6.07, 6.45) is 0.787. The van der Waals surface area contributed by atoms with E-state index in [1.165, 1.54) is 0 Å². The topological polar surface area (TPSA) is 87.3 Å². The third kappa shape index (κ3) is 2.54. The molecule has 132 valence electrons. The molecule has 0 unspecified atom stereocenters. The van der Waals surface area contributed by atoms with Crippen LogP contribution in [0.25, 0.3) is 0 Å². The van der Waals surface area contributed by atoms with Crippen molar-refractivity contribution in [3.63, 3.8) is 0 Å². The van der Waals surface area contributed by atoms with Crippen LogP contribution in [0.5, 0.6) is 0 Å². The molecule has 0 aliphatic carbocycles. The summed E-state index contributed by atoms with van der Waals surface area (Å²) in [5, 5.41) is 8.44. The van der Waals surface area contributed by atoms with Gasteiger partial charge < -0.3 is 16.0 Å². The highest BCUT2D eigenvalue weighted by Crippen LogP contribution is 2.37. The fraction of sp³-hybridized carbons (Fsp3) is 0.250. The normalized spacial score (nSPS) is 17.0. The van der Waals surface area contributed by atoms with Gasteiger partial charge in [0, 0.05) is 29.0 Å². The number of benzene rings is 2. The molecule has 0 saturated carbocycles. The smallest absolute Gasteiger partial charge is 0.255 e. The summed E-state index contributed by atoms with van der Waals surface area (Å²) in [6, 6.07) is 10.6. The molecule has 0 bridgehead atoms. The van der Waals surface area contributed by atoms with E-state index < -0.39 is 5.41 Å². The van der Waals surface area contributed by atoms with Gasteiger partial charge in [-0.1, -0.05) is 12.1 Å². The van der Waals surface area contributed by atoms with E-state index in [9.17, 15) is 14.4 Å². The predicted octanol–water partition coefficient (Wildman–Crippen LogP) is 2.45. The fourth-order valence-electron chi connectivity index (χ4n) is 3.43. The summed E-state index contributed by atoms with van der Waals surface area (Å²) in [5.74, 6) is -0.487. The molecule has 0 spiro atoms. The Balaban J connectivity index is 1.58. The summed E-state index contributed by atoms with van der Waals surface area (Å²) < 4.78 is 0. The van der Waals surface area contributed by atoms with Gasteiger partial charge in [-0.05, 0) is 55.7 Å². The molecule has 6 nitrogen and oxygen atoms in total. The molecular weight excluding hydrogens is 330 g/mol. The summed E-state index contributed by atoms with van der Waals surface area (Å²) >= 11 is 0. The van der Waals surface area contributed by atoms with Crippen molar-refractivity contribution in [1.82, 2.24) is 5.32 Å². The Labute approximate surface area is 151 Å². The van der Waals surface area contributed by atoms with Crippen LogP contribution in [0, 0.1) is 0 Å². The number of amides is 3. The van der Waals surface area contributed by atoms with E-state index in [-0.39, 0.29) is 17.7 Å². The molecule has 0 aromatic heterocycles. The summed E-state index contributed by atoms with van der Waals surface area (Å²) in [4.78, 5) is 36.6. The molecule has 3 amide bonds. The predicted molar refractivity (Wildman–Crippen MR) is 98.5 cm³/mol. The zero-order valence-electron chi connectivity index (χ0n) is 14.6. The van der Waals surface area contributed by atoms with Crippen LogP contribution in [0.4, 0.5) is 11.4 Å². The van der Waals surface area contributed by atoms with Gasteiger partial charge in [-0.25, -0.2) is 0 Å². The van der Waals surface area contributed by atoms with Gasteiger partial charge in [0.2, 0.25) is 5.91 Å². The summed E-state index contributed by atoms with van der Waals surface area (Å²) in [6.45, 7) is 4.34. The second-order valence-corrected chi connectivity index (χ2v) is 7.17. The molecule has 4 rings (SSSR count). The van der Waals surface area contributed by atoms with Gasteiger partial charge in [0.15, 0.2) is 0 Å². The first-order chi connectivity index (χ1) is 12.4. The molecule has 2 aromatic rings. The lowest BCUT2D eigenvalue weighted by atomic mass is 9.86. The minimum Gasteiger partial charge on any atom is -0.352 e. The minimum absolute atomic E-state index is 0.0780. The molecule has 2 aromatic carbocycles. The summed E-state index contributed by atoms with van der Waals surface area (Å²) in [5.41, 5.74) is 3.53. The molecule has 6 heteroatoms. The molecule has 26 heavy (non-hydrogen) atoms. The lowest BCUT2D eigenvalue weighted by Gasteiger charge is -2.17. The highest BCUT2D eigenvalue weighted by atomic mass is 16.2. The van der Waals surface area contributed by atoms with Crippen LogP contribution in [-0.4, -0.2) is 24.3 Å². The van der Waals surface area contributed by atoms with Crippen LogP contribution >= 0.6 is 0 Å². The van der Waals surface area contributed by atoms with E-state index in [2.05, 4.69) is 16.0 Å². The Morgan fingerprint density at radius 2 is 1.92 bits per heavy atom. The van der Waals surface area contributed by atoms with Crippen molar-refractivity contribution in [3.8, 4) is 0 Å². The first-order valence-corrected chi connectivity index (χ1v) is 8.55.